The van der Waals surface area contributed by atoms with Crippen LogP contribution in [-0.2, 0) is 21.4 Å². The number of ether oxygens (including phenoxy) is 2. The summed E-state index contributed by atoms with van der Waals surface area (Å²) in [7, 11) is -4.16. The molecule has 0 saturated heterocycles. The number of rotatable bonds is 7. The Kier molecular flexibility index (Phi) is 6.01. The number of nitrogens with two attached hydrogens (primary N) is 1. The number of thiophene rings is 1. The van der Waals surface area contributed by atoms with Gasteiger partial charge in [-0.25, -0.2) is 22.7 Å². The average Bonchev–Trinajstić information content (AvgIpc) is 3.05. The van der Waals surface area contributed by atoms with Gasteiger partial charge in [0.15, 0.2) is 5.75 Å². The Morgan fingerprint density at radius 3 is 2.67 bits per heavy atom. The largest absolute Gasteiger partial charge is 0.482 e. The monoisotopic (exact) mass is 454 g/mol. The number of nitro benzene ring substituents is 1. The molecule has 1 heterocycles. The van der Waals surface area contributed by atoms with Crippen LogP contribution in [0, 0.1) is 15.9 Å². The van der Waals surface area contributed by atoms with Gasteiger partial charge in [-0.1, -0.05) is 6.07 Å². The summed E-state index contributed by atoms with van der Waals surface area (Å²) in [6.07, 6.45) is 0. The molecule has 0 atom stereocenters. The number of sulfonamides is 1. The number of nitrogens with zero attached hydrogens (tertiary/aromatic N) is 1. The summed E-state index contributed by atoms with van der Waals surface area (Å²) in [6.45, 7) is 1.35. The normalized spacial score (nSPS) is 11.4. The predicted octanol–water partition coefficient (Wildman–Crippen LogP) is 3.35. The second kappa shape index (κ2) is 8.34. The van der Waals surface area contributed by atoms with Crippen molar-refractivity contribution in [3.63, 3.8) is 0 Å². The summed E-state index contributed by atoms with van der Waals surface area (Å²) in [5.74, 6) is -1.52. The van der Waals surface area contributed by atoms with Crippen LogP contribution in [0.25, 0.3) is 10.1 Å². The molecule has 0 amide bonds. The standard InChI is InChI=1S/C18H15FN2O7S2/c1-2-27-18(22)17-11(16-12(19)4-3-5-15(16)29-17)9-28-14-7-6-10(30(20,25)26)8-13(14)21(23)24/h3-8H,2,9H2,1H3,(H2,20,25,26). The Balaban J connectivity index is 2.04. The first kappa shape index (κ1) is 21.6. The molecule has 0 saturated carbocycles. The first-order chi connectivity index (χ1) is 14.1. The summed E-state index contributed by atoms with van der Waals surface area (Å²) < 4.78 is 48.3. The fourth-order valence-electron chi connectivity index (χ4n) is 2.76. The summed E-state index contributed by atoms with van der Waals surface area (Å²) in [6, 6.07) is 7.23. The molecule has 30 heavy (non-hydrogen) atoms. The average molecular weight is 454 g/mol. The van der Waals surface area contributed by atoms with Gasteiger partial charge < -0.3 is 9.47 Å². The van der Waals surface area contributed by atoms with E-state index >= 15 is 0 Å². The molecule has 0 aliphatic heterocycles. The predicted molar refractivity (Wildman–Crippen MR) is 107 cm³/mol. The van der Waals surface area contributed by atoms with Gasteiger partial charge in [0.05, 0.1) is 16.4 Å². The summed E-state index contributed by atoms with van der Waals surface area (Å²) >= 11 is 1.01. The molecule has 3 aromatic rings. The molecule has 2 aromatic carbocycles. The number of esters is 1. The minimum Gasteiger partial charge on any atom is -0.482 e. The third-order valence-electron chi connectivity index (χ3n) is 4.05. The van der Waals surface area contributed by atoms with Crippen LogP contribution in [0.2, 0.25) is 0 Å². The van der Waals surface area contributed by atoms with Crippen molar-refractivity contribution in [1.29, 1.82) is 0 Å². The van der Waals surface area contributed by atoms with E-state index < -0.39 is 37.3 Å². The van der Waals surface area contributed by atoms with Gasteiger partial charge in [0.25, 0.3) is 0 Å². The third kappa shape index (κ3) is 4.25. The van der Waals surface area contributed by atoms with Crippen molar-refractivity contribution >= 4 is 43.1 Å². The van der Waals surface area contributed by atoms with Gasteiger partial charge in [0.1, 0.15) is 17.3 Å². The maximum Gasteiger partial charge on any atom is 0.348 e. The van der Waals surface area contributed by atoms with E-state index in [-0.39, 0.29) is 34.8 Å². The highest BCUT2D eigenvalue weighted by molar-refractivity contribution is 7.89. The van der Waals surface area contributed by atoms with E-state index in [1.807, 2.05) is 0 Å². The van der Waals surface area contributed by atoms with E-state index in [1.165, 1.54) is 12.1 Å². The topological polar surface area (TPSA) is 139 Å². The quantitative estimate of drug-likeness (QED) is 0.328. The van der Waals surface area contributed by atoms with Crippen LogP contribution in [0.5, 0.6) is 5.75 Å². The number of fused-ring (bicyclic) bond motifs is 1. The van der Waals surface area contributed by atoms with Crippen LogP contribution in [0.3, 0.4) is 0 Å². The van der Waals surface area contributed by atoms with E-state index in [0.29, 0.717) is 4.70 Å². The molecule has 0 aliphatic carbocycles. The Hall–Kier alpha value is -3.09. The van der Waals surface area contributed by atoms with Crippen molar-refractivity contribution in [3.8, 4) is 5.75 Å². The van der Waals surface area contributed by atoms with E-state index in [2.05, 4.69) is 0 Å². The van der Waals surface area contributed by atoms with Crippen molar-refractivity contribution in [1.82, 2.24) is 0 Å². The van der Waals surface area contributed by atoms with Crippen LogP contribution in [0.15, 0.2) is 41.3 Å². The number of halogens is 1. The maximum absolute atomic E-state index is 14.4. The smallest absolute Gasteiger partial charge is 0.348 e. The maximum atomic E-state index is 14.4. The van der Waals surface area contributed by atoms with Gasteiger partial charge in [0.2, 0.25) is 10.0 Å². The highest BCUT2D eigenvalue weighted by Crippen LogP contribution is 2.36. The van der Waals surface area contributed by atoms with Crippen LogP contribution in [-0.4, -0.2) is 25.9 Å². The zero-order valence-electron chi connectivity index (χ0n) is 15.5. The summed E-state index contributed by atoms with van der Waals surface area (Å²) in [5, 5.41) is 16.5. The van der Waals surface area contributed by atoms with Crippen LogP contribution in [0.4, 0.5) is 10.1 Å². The lowest BCUT2D eigenvalue weighted by Gasteiger charge is -2.09. The highest BCUT2D eigenvalue weighted by Gasteiger charge is 2.24. The minimum atomic E-state index is -4.16. The van der Waals surface area contributed by atoms with Crippen molar-refractivity contribution in [2.24, 2.45) is 5.14 Å². The number of nitro groups is 1. The first-order valence-electron chi connectivity index (χ1n) is 8.44. The van der Waals surface area contributed by atoms with Gasteiger partial charge in [-0.15, -0.1) is 11.3 Å². The minimum absolute atomic E-state index is 0.107. The molecule has 158 valence electrons. The van der Waals surface area contributed by atoms with Gasteiger partial charge in [-0.2, -0.15) is 0 Å². The molecule has 9 nitrogen and oxygen atoms in total. The van der Waals surface area contributed by atoms with Gasteiger partial charge in [-0.3, -0.25) is 10.1 Å². The van der Waals surface area contributed by atoms with E-state index in [9.17, 15) is 27.7 Å². The Morgan fingerprint density at radius 1 is 1.30 bits per heavy atom. The molecule has 0 bridgehead atoms. The molecule has 0 aliphatic rings. The SMILES string of the molecule is CCOC(=O)c1sc2cccc(F)c2c1COc1ccc(S(N)(=O)=O)cc1[N+](=O)[O-]. The Bertz CT molecular complexity index is 1250. The number of primary sulfonamides is 1. The Labute approximate surface area is 174 Å². The van der Waals surface area contributed by atoms with E-state index in [0.717, 1.165) is 29.5 Å². The van der Waals surface area contributed by atoms with Crippen LogP contribution < -0.4 is 9.88 Å². The molecule has 2 N–H and O–H groups in total. The molecule has 0 unspecified atom stereocenters. The molecule has 0 spiro atoms. The second-order valence-corrected chi connectivity index (χ2v) is 8.58. The van der Waals surface area contributed by atoms with E-state index in [4.69, 9.17) is 14.6 Å². The number of hydrogen-bond acceptors (Lipinski definition) is 8. The molecular formula is C18H15FN2O7S2. The molecule has 12 heteroatoms. The lowest BCUT2D eigenvalue weighted by molar-refractivity contribution is -0.386. The van der Waals surface area contributed by atoms with Crippen molar-refractivity contribution in [3.05, 3.63) is 62.8 Å². The zero-order chi connectivity index (χ0) is 22.1. The highest BCUT2D eigenvalue weighted by atomic mass is 32.2. The Morgan fingerprint density at radius 2 is 2.03 bits per heavy atom. The first-order valence-corrected chi connectivity index (χ1v) is 10.8. The van der Waals surface area contributed by atoms with Crippen LogP contribution >= 0.6 is 11.3 Å². The summed E-state index contributed by atoms with van der Waals surface area (Å²) in [4.78, 5) is 22.5. The van der Waals surface area contributed by atoms with Crippen molar-refractivity contribution in [2.45, 2.75) is 18.4 Å². The number of benzene rings is 2. The van der Waals surface area contributed by atoms with Crippen molar-refractivity contribution < 1.29 is 32.0 Å². The molecule has 0 radical (unpaired) electrons. The van der Waals surface area contributed by atoms with Crippen molar-refractivity contribution in [2.75, 3.05) is 6.61 Å². The van der Waals surface area contributed by atoms with Crippen LogP contribution in [0.1, 0.15) is 22.2 Å². The lowest BCUT2D eigenvalue weighted by Crippen LogP contribution is -2.12. The fourth-order valence-corrected chi connectivity index (χ4v) is 4.40. The van der Waals surface area contributed by atoms with Gasteiger partial charge in [0, 0.05) is 21.7 Å². The number of carbonyl (C=O) groups excluding carboxylic acids is 1. The fraction of sp³-hybridized carbons (Fsp3) is 0.167. The second-order valence-electron chi connectivity index (χ2n) is 5.96. The van der Waals surface area contributed by atoms with Gasteiger partial charge >= 0.3 is 11.7 Å². The molecule has 1 aromatic heterocycles. The zero-order valence-corrected chi connectivity index (χ0v) is 17.1. The third-order valence-corrected chi connectivity index (χ3v) is 6.14. The number of carbonyl (C=O) groups is 1. The number of hydrogen-bond donors (Lipinski definition) is 1. The molecule has 0 fully saturated rings. The molecular weight excluding hydrogens is 439 g/mol. The molecule has 3 rings (SSSR count). The summed E-state index contributed by atoms with van der Waals surface area (Å²) in [5.41, 5.74) is -0.462. The lowest BCUT2D eigenvalue weighted by atomic mass is 10.1. The van der Waals surface area contributed by atoms with E-state index in [1.54, 1.807) is 13.0 Å². The van der Waals surface area contributed by atoms with Gasteiger partial charge in [-0.05, 0) is 31.2 Å².